The summed E-state index contributed by atoms with van der Waals surface area (Å²) in [6.07, 6.45) is 1.96. The second-order valence-corrected chi connectivity index (χ2v) is 5.19. The van der Waals surface area contributed by atoms with Gasteiger partial charge in [-0.1, -0.05) is 0 Å². The van der Waals surface area contributed by atoms with Gasteiger partial charge in [-0.2, -0.15) is 8.78 Å². The molecule has 1 aliphatic rings. The topological polar surface area (TPSA) is 60.0 Å². The van der Waals surface area contributed by atoms with Crippen molar-refractivity contribution in [2.45, 2.75) is 25.6 Å². The molecule has 0 spiro atoms. The Bertz CT molecular complexity index is 536. The highest BCUT2D eigenvalue weighted by Gasteiger charge is 2.20. The first-order valence-corrected chi connectivity index (χ1v) is 7.26. The van der Waals surface area contributed by atoms with Crippen LogP contribution in [-0.2, 0) is 4.74 Å². The summed E-state index contributed by atoms with van der Waals surface area (Å²) >= 11 is 0. The fraction of sp³-hybridized carbons (Fsp3) is 0.533. The molecule has 2 amide bonds. The lowest BCUT2D eigenvalue weighted by atomic mass is 10.2. The molecule has 128 valence electrons. The zero-order valence-corrected chi connectivity index (χ0v) is 13.1. The van der Waals surface area contributed by atoms with Gasteiger partial charge in [-0.25, -0.2) is 4.79 Å². The van der Waals surface area contributed by atoms with Crippen LogP contribution >= 0.6 is 0 Å². The predicted octanol–water partition coefficient (Wildman–Crippen LogP) is 2.94. The Hall–Kier alpha value is -2.09. The molecule has 0 aliphatic carbocycles. The predicted molar refractivity (Wildman–Crippen MR) is 80.2 cm³/mol. The molecule has 1 atom stereocenters. The normalized spacial score (nSPS) is 17.2. The maximum atomic E-state index is 12.4. The standard InChI is InChI=1S/C15H20F2N2O4/c1-19(9-11-4-3-7-22-11)15(20)18-10-5-6-12(21-2)13(8-10)23-14(16)17/h5-6,8,11,14H,3-4,7,9H2,1-2H3,(H,18,20). The van der Waals surface area contributed by atoms with Crippen LogP contribution in [0.2, 0.25) is 0 Å². The molecule has 0 radical (unpaired) electrons. The fourth-order valence-corrected chi connectivity index (χ4v) is 2.34. The Morgan fingerprint density at radius 3 is 2.87 bits per heavy atom. The SMILES string of the molecule is COc1ccc(NC(=O)N(C)CC2CCCO2)cc1OC(F)F. The van der Waals surface area contributed by atoms with E-state index in [-0.39, 0.29) is 23.6 Å². The molecule has 8 heteroatoms. The number of rotatable bonds is 6. The van der Waals surface area contributed by atoms with Gasteiger partial charge in [0.25, 0.3) is 0 Å². The average molecular weight is 330 g/mol. The number of alkyl halides is 2. The van der Waals surface area contributed by atoms with E-state index in [9.17, 15) is 13.6 Å². The lowest BCUT2D eigenvalue weighted by molar-refractivity contribution is -0.0511. The first kappa shape index (κ1) is 17.3. The third kappa shape index (κ3) is 4.95. The lowest BCUT2D eigenvalue weighted by Gasteiger charge is -2.21. The molecule has 1 heterocycles. The van der Waals surface area contributed by atoms with Crippen LogP contribution in [0.4, 0.5) is 19.3 Å². The molecule has 1 unspecified atom stereocenters. The van der Waals surface area contributed by atoms with Crippen molar-refractivity contribution in [1.82, 2.24) is 4.90 Å². The maximum absolute atomic E-state index is 12.4. The zero-order valence-electron chi connectivity index (χ0n) is 13.1. The summed E-state index contributed by atoms with van der Waals surface area (Å²) in [5.74, 6) is 0.0260. The van der Waals surface area contributed by atoms with Gasteiger partial charge in [0.05, 0.1) is 13.2 Å². The number of nitrogens with zero attached hydrogens (tertiary/aromatic N) is 1. The van der Waals surface area contributed by atoms with E-state index in [2.05, 4.69) is 10.1 Å². The highest BCUT2D eigenvalue weighted by molar-refractivity contribution is 5.89. The minimum absolute atomic E-state index is 0.0411. The molecule has 2 rings (SSSR count). The number of halogens is 2. The Balaban J connectivity index is 1.99. The molecular weight excluding hydrogens is 310 g/mol. The van der Waals surface area contributed by atoms with Gasteiger partial charge in [0.1, 0.15) is 0 Å². The molecule has 1 aliphatic heterocycles. The largest absolute Gasteiger partial charge is 0.493 e. The number of benzene rings is 1. The number of ether oxygens (including phenoxy) is 3. The van der Waals surface area contributed by atoms with E-state index in [1.54, 1.807) is 13.1 Å². The number of likely N-dealkylation sites (N-methyl/N-ethyl adjacent to an activating group) is 1. The van der Waals surface area contributed by atoms with Gasteiger partial charge in [0.2, 0.25) is 0 Å². The summed E-state index contributed by atoms with van der Waals surface area (Å²) in [6, 6.07) is 3.94. The molecule has 1 N–H and O–H groups in total. The van der Waals surface area contributed by atoms with Crippen molar-refractivity contribution in [1.29, 1.82) is 0 Å². The van der Waals surface area contributed by atoms with E-state index in [0.29, 0.717) is 18.8 Å². The van der Waals surface area contributed by atoms with Gasteiger partial charge in [-0.05, 0) is 25.0 Å². The van der Waals surface area contributed by atoms with Gasteiger partial charge >= 0.3 is 12.6 Å². The van der Waals surface area contributed by atoms with Crippen molar-refractivity contribution < 1.29 is 27.8 Å². The molecule has 1 saturated heterocycles. The first-order valence-electron chi connectivity index (χ1n) is 7.26. The Morgan fingerprint density at radius 1 is 1.48 bits per heavy atom. The summed E-state index contributed by atoms with van der Waals surface area (Å²) in [5.41, 5.74) is 0.339. The zero-order chi connectivity index (χ0) is 16.8. The molecule has 23 heavy (non-hydrogen) atoms. The Morgan fingerprint density at radius 2 is 2.26 bits per heavy atom. The second-order valence-electron chi connectivity index (χ2n) is 5.19. The van der Waals surface area contributed by atoms with Gasteiger partial charge in [0.15, 0.2) is 11.5 Å². The van der Waals surface area contributed by atoms with Crippen LogP contribution in [0, 0.1) is 0 Å². The average Bonchev–Trinajstić information content (AvgIpc) is 2.99. The van der Waals surface area contributed by atoms with Crippen LogP contribution < -0.4 is 14.8 Å². The van der Waals surface area contributed by atoms with E-state index >= 15 is 0 Å². The number of carbonyl (C=O) groups is 1. The van der Waals surface area contributed by atoms with Crippen LogP contribution in [0.5, 0.6) is 11.5 Å². The molecule has 0 aromatic heterocycles. The number of methoxy groups -OCH3 is 1. The van der Waals surface area contributed by atoms with E-state index in [1.807, 2.05) is 0 Å². The van der Waals surface area contributed by atoms with Crippen LogP contribution in [0.1, 0.15) is 12.8 Å². The molecule has 1 fully saturated rings. The lowest BCUT2D eigenvalue weighted by Crippen LogP contribution is -2.37. The number of hydrogen-bond donors (Lipinski definition) is 1. The summed E-state index contributed by atoms with van der Waals surface area (Å²) in [5, 5.41) is 2.63. The van der Waals surface area contributed by atoms with Crippen LogP contribution in [0.3, 0.4) is 0 Å². The maximum Gasteiger partial charge on any atom is 0.387 e. The summed E-state index contributed by atoms with van der Waals surface area (Å²) < 4.78 is 39.6. The van der Waals surface area contributed by atoms with Crippen LogP contribution in [0.15, 0.2) is 18.2 Å². The van der Waals surface area contributed by atoms with Gasteiger partial charge < -0.3 is 24.4 Å². The number of urea groups is 1. The molecule has 0 saturated carbocycles. The second kappa shape index (κ2) is 7.96. The number of nitrogens with one attached hydrogen (secondary N) is 1. The first-order chi connectivity index (χ1) is 11.0. The smallest absolute Gasteiger partial charge is 0.387 e. The van der Waals surface area contributed by atoms with Gasteiger partial charge in [-0.3, -0.25) is 0 Å². The van der Waals surface area contributed by atoms with Crippen molar-refractivity contribution in [3.05, 3.63) is 18.2 Å². The number of hydrogen-bond acceptors (Lipinski definition) is 4. The minimum Gasteiger partial charge on any atom is -0.493 e. The molecule has 6 nitrogen and oxygen atoms in total. The van der Waals surface area contributed by atoms with Crippen molar-refractivity contribution in [3.63, 3.8) is 0 Å². The number of carbonyl (C=O) groups excluding carboxylic acids is 1. The van der Waals surface area contributed by atoms with Gasteiger partial charge in [0, 0.05) is 32.0 Å². The highest BCUT2D eigenvalue weighted by atomic mass is 19.3. The minimum atomic E-state index is -2.97. The summed E-state index contributed by atoms with van der Waals surface area (Å²) in [4.78, 5) is 13.6. The highest BCUT2D eigenvalue weighted by Crippen LogP contribution is 2.31. The van der Waals surface area contributed by atoms with Crippen LogP contribution in [-0.4, -0.2) is 51.0 Å². The number of amides is 2. The molecule has 0 bridgehead atoms. The third-order valence-corrected chi connectivity index (χ3v) is 3.48. The summed E-state index contributed by atoms with van der Waals surface area (Å²) in [7, 11) is 3.00. The quantitative estimate of drug-likeness (QED) is 0.871. The van der Waals surface area contributed by atoms with Crippen molar-refractivity contribution in [3.8, 4) is 11.5 Å². The van der Waals surface area contributed by atoms with E-state index in [0.717, 1.165) is 12.8 Å². The third-order valence-electron chi connectivity index (χ3n) is 3.48. The van der Waals surface area contributed by atoms with Gasteiger partial charge in [-0.15, -0.1) is 0 Å². The van der Waals surface area contributed by atoms with Crippen molar-refractivity contribution >= 4 is 11.7 Å². The van der Waals surface area contributed by atoms with Crippen molar-refractivity contribution in [2.24, 2.45) is 0 Å². The molecule has 1 aromatic rings. The monoisotopic (exact) mass is 330 g/mol. The van der Waals surface area contributed by atoms with Crippen molar-refractivity contribution in [2.75, 3.05) is 32.6 Å². The van der Waals surface area contributed by atoms with E-state index < -0.39 is 6.61 Å². The summed E-state index contributed by atoms with van der Waals surface area (Å²) in [6.45, 7) is -1.79. The van der Waals surface area contributed by atoms with E-state index in [1.165, 1.54) is 24.1 Å². The Kier molecular flexibility index (Phi) is 5.97. The molecule has 1 aromatic carbocycles. The molecular formula is C15H20F2N2O4. The number of anilines is 1. The van der Waals surface area contributed by atoms with Crippen LogP contribution in [0.25, 0.3) is 0 Å². The Labute approximate surface area is 133 Å². The fourth-order valence-electron chi connectivity index (χ4n) is 2.34. The van der Waals surface area contributed by atoms with E-state index in [4.69, 9.17) is 9.47 Å².